The number of rotatable bonds is 6. The third kappa shape index (κ3) is 4.32. The van der Waals surface area contributed by atoms with Crippen LogP contribution in [0.25, 0.3) is 11.2 Å². The van der Waals surface area contributed by atoms with Gasteiger partial charge in [0.25, 0.3) is 7.82 Å². The first-order chi connectivity index (χ1) is 12.5. The number of nitrogens with zero attached hydrogens (tertiary/aromatic N) is 4. The molecule has 0 saturated carbocycles. The lowest BCUT2D eigenvalue weighted by Gasteiger charge is -2.27. The van der Waals surface area contributed by atoms with E-state index in [1.54, 1.807) is 0 Å². The fraction of sp³-hybridized carbons (Fsp3) is 0.500. The summed E-state index contributed by atoms with van der Waals surface area (Å²) in [7, 11) is -11.7. The monoisotopic (exact) mass is 427 g/mol. The van der Waals surface area contributed by atoms with Crippen molar-refractivity contribution in [1.82, 2.24) is 19.5 Å². The van der Waals surface area contributed by atoms with Crippen molar-refractivity contribution in [3.8, 4) is 0 Å². The van der Waals surface area contributed by atoms with Gasteiger partial charge in [-0.2, -0.15) is 4.20 Å². The molecule has 1 aliphatic heterocycles. The Morgan fingerprint density at radius 2 is 2.00 bits per heavy atom. The Bertz CT molecular complexity index is 937. The highest BCUT2D eigenvalue weighted by Crippen LogP contribution is 2.56. The predicted molar refractivity (Wildman–Crippen MR) is 79.0 cm³/mol. The zero-order chi connectivity index (χ0) is 20.0. The van der Waals surface area contributed by atoms with E-state index in [9.17, 15) is 33.3 Å². The third-order valence-corrected chi connectivity index (χ3v) is 5.64. The normalized spacial score (nSPS) is 30.3. The first-order valence-corrected chi connectivity index (χ1v) is 10.00. The molecule has 6 atom stereocenters. The predicted octanol–water partition coefficient (Wildman–Crippen LogP) is -2.03. The van der Waals surface area contributed by atoms with Crippen molar-refractivity contribution in [2.45, 2.75) is 24.5 Å². The number of hydrogen-bond donors (Lipinski definition) is 3. The van der Waals surface area contributed by atoms with E-state index in [2.05, 4.69) is 23.8 Å². The molecule has 1 saturated heterocycles. The molecule has 3 heterocycles. The summed E-state index contributed by atoms with van der Waals surface area (Å²) in [6, 6.07) is 0. The smallest absolute Gasteiger partial charge is 0.314 e. The van der Waals surface area contributed by atoms with Crippen LogP contribution in [0.2, 0.25) is 0 Å². The van der Waals surface area contributed by atoms with Crippen molar-refractivity contribution in [2.24, 2.45) is 0 Å². The maximum absolute atomic E-state index is 12.3. The Kier molecular flexibility index (Phi) is 5.33. The van der Waals surface area contributed by atoms with E-state index in [0.717, 1.165) is 6.33 Å². The number of anilines is 1. The van der Waals surface area contributed by atoms with E-state index in [1.165, 1.54) is 10.9 Å². The Hall–Kier alpha value is -1.54. The molecule has 0 aromatic carbocycles. The van der Waals surface area contributed by atoms with Gasteiger partial charge in [-0.15, -0.1) is 0 Å². The number of nitrogens with two attached hydrogens (primary N) is 1. The molecule has 2 unspecified atom stereocenters. The molecule has 27 heavy (non-hydrogen) atoms. The van der Waals surface area contributed by atoms with Crippen molar-refractivity contribution >= 4 is 32.7 Å². The number of ether oxygens (including phenoxy) is 1. The van der Waals surface area contributed by atoms with Crippen LogP contribution in [0, 0.1) is 0 Å². The summed E-state index contributed by atoms with van der Waals surface area (Å²) >= 11 is 0. The van der Waals surface area contributed by atoms with Crippen LogP contribution in [-0.2, 0) is 22.7 Å². The maximum atomic E-state index is 12.3. The van der Waals surface area contributed by atoms with Crippen LogP contribution < -0.4 is 15.5 Å². The van der Waals surface area contributed by atoms with Gasteiger partial charge in [-0.1, -0.05) is 0 Å². The SMILES string of the molecule is Nc1ncnc2c1ncn2[C@@H]1O[C@H](COP(=O)([O-])OP(=O)([O-])F)[C@@H](O)[C@H]1O. The third-order valence-electron chi connectivity index (χ3n) is 3.59. The summed E-state index contributed by atoms with van der Waals surface area (Å²) in [6.45, 7) is -0.959. The van der Waals surface area contributed by atoms with Crippen molar-refractivity contribution in [3.63, 3.8) is 0 Å². The molecule has 14 nitrogen and oxygen atoms in total. The van der Waals surface area contributed by atoms with Gasteiger partial charge in [0, 0.05) is 0 Å². The average Bonchev–Trinajstić information content (AvgIpc) is 3.07. The summed E-state index contributed by atoms with van der Waals surface area (Å²) in [5.41, 5.74) is 6.02. The van der Waals surface area contributed by atoms with E-state index in [0.29, 0.717) is 0 Å². The molecule has 0 amide bonds. The summed E-state index contributed by atoms with van der Waals surface area (Å²) in [4.78, 5) is 33.1. The van der Waals surface area contributed by atoms with Gasteiger partial charge in [-0.05, 0) is 0 Å². The van der Waals surface area contributed by atoms with Crippen LogP contribution in [0.15, 0.2) is 12.7 Å². The van der Waals surface area contributed by atoms with Crippen LogP contribution in [0.5, 0.6) is 0 Å². The van der Waals surface area contributed by atoms with Gasteiger partial charge in [-0.25, -0.2) is 19.3 Å². The number of aliphatic hydroxyl groups is 2. The van der Waals surface area contributed by atoms with Crippen LogP contribution in [0.3, 0.4) is 0 Å². The highest BCUT2D eigenvalue weighted by molar-refractivity contribution is 7.59. The molecule has 0 radical (unpaired) electrons. The Labute approximate surface area is 149 Å². The van der Waals surface area contributed by atoms with Gasteiger partial charge in [-0.3, -0.25) is 13.7 Å². The van der Waals surface area contributed by atoms with Gasteiger partial charge < -0.3 is 35.0 Å². The molecule has 4 N–H and O–H groups in total. The molecule has 1 aliphatic rings. The first kappa shape index (κ1) is 20.2. The minimum absolute atomic E-state index is 0.0596. The van der Waals surface area contributed by atoms with Gasteiger partial charge in [0.15, 0.2) is 17.7 Å². The average molecular weight is 427 g/mol. The zero-order valence-corrected chi connectivity index (χ0v) is 14.9. The lowest BCUT2D eigenvalue weighted by atomic mass is 10.1. The topological polar surface area (TPSA) is 218 Å². The largest absolute Gasteiger partial charge is 0.756 e. The molecule has 0 aliphatic carbocycles. The lowest BCUT2D eigenvalue weighted by Crippen LogP contribution is -2.34. The second kappa shape index (κ2) is 7.13. The number of aromatic nitrogens is 4. The fourth-order valence-electron chi connectivity index (χ4n) is 2.46. The molecular formula is C10H12FN5O9P2-2. The molecule has 2 aromatic heterocycles. The van der Waals surface area contributed by atoms with E-state index in [1.807, 2.05) is 0 Å². The minimum atomic E-state index is -6.10. The van der Waals surface area contributed by atoms with Crippen LogP contribution in [-0.4, -0.2) is 54.7 Å². The Balaban J connectivity index is 1.75. The second-order valence-corrected chi connectivity index (χ2v) is 8.05. The number of phosphoric acid groups is 1. The standard InChI is InChI=1S/C10H14FN5O9P2/c11-26(19,20)25-27(21,22)23-1-4-6(17)7(18)10(24-4)16-3-15-5-8(12)13-2-14-9(5)16/h2-4,6-7,10,17-18H,1H2,(H,19,20)(H,21,22)(H2,12,13,14)/p-2/t4-,6-,7-,10-/m1/s1. The minimum Gasteiger partial charge on any atom is -0.756 e. The molecule has 150 valence electrons. The number of halogens is 1. The van der Waals surface area contributed by atoms with Crippen molar-refractivity contribution in [3.05, 3.63) is 12.7 Å². The number of imidazole rings is 1. The van der Waals surface area contributed by atoms with Crippen molar-refractivity contribution in [2.75, 3.05) is 12.3 Å². The second-order valence-electron chi connectivity index (χ2n) is 5.38. The summed E-state index contributed by atoms with van der Waals surface area (Å²) in [5, 5.41) is 20.2. The number of phosphoric ester groups is 1. The summed E-state index contributed by atoms with van der Waals surface area (Å²) in [5.74, 6) is 0.0596. The Morgan fingerprint density at radius 1 is 1.30 bits per heavy atom. The van der Waals surface area contributed by atoms with E-state index in [-0.39, 0.29) is 17.0 Å². The van der Waals surface area contributed by atoms with Crippen LogP contribution in [0.1, 0.15) is 6.23 Å². The van der Waals surface area contributed by atoms with Gasteiger partial charge >= 0.3 is 7.91 Å². The number of hydrogen-bond acceptors (Lipinski definition) is 13. The number of aliphatic hydroxyl groups excluding tert-OH is 2. The fourth-order valence-corrected chi connectivity index (χ4v) is 3.93. The molecule has 0 bridgehead atoms. The van der Waals surface area contributed by atoms with Gasteiger partial charge in [0.2, 0.25) is 0 Å². The molecule has 0 spiro atoms. The van der Waals surface area contributed by atoms with Gasteiger partial charge in [0.05, 0.1) is 12.9 Å². The zero-order valence-electron chi connectivity index (χ0n) is 13.1. The number of nitrogen functional groups attached to an aromatic ring is 1. The van der Waals surface area contributed by atoms with E-state index < -0.39 is 46.9 Å². The quantitative estimate of drug-likeness (QED) is 0.424. The van der Waals surface area contributed by atoms with Crippen LogP contribution in [0.4, 0.5) is 10.0 Å². The molecule has 17 heteroatoms. The molecule has 3 rings (SSSR count). The maximum Gasteiger partial charge on any atom is 0.314 e. The summed E-state index contributed by atoms with van der Waals surface area (Å²) in [6.07, 6.45) is -3.55. The number of fused-ring (bicyclic) bond motifs is 1. The summed E-state index contributed by atoms with van der Waals surface area (Å²) < 4.78 is 47.7. The Morgan fingerprint density at radius 3 is 2.67 bits per heavy atom. The van der Waals surface area contributed by atoms with E-state index in [4.69, 9.17) is 10.5 Å². The van der Waals surface area contributed by atoms with Crippen LogP contribution >= 0.6 is 15.7 Å². The van der Waals surface area contributed by atoms with Crippen molar-refractivity contribution in [1.29, 1.82) is 0 Å². The highest BCUT2D eigenvalue weighted by Gasteiger charge is 2.45. The molecule has 2 aromatic rings. The highest BCUT2D eigenvalue weighted by atomic mass is 31.3. The molecule has 1 fully saturated rings. The van der Waals surface area contributed by atoms with Crippen molar-refractivity contribution < 1.29 is 46.9 Å². The lowest BCUT2D eigenvalue weighted by molar-refractivity contribution is -0.238. The first-order valence-electron chi connectivity index (χ1n) is 7.11. The van der Waals surface area contributed by atoms with E-state index >= 15 is 0 Å². The van der Waals surface area contributed by atoms with Gasteiger partial charge in [0.1, 0.15) is 30.2 Å². The molecular weight excluding hydrogens is 415 g/mol.